The van der Waals surface area contributed by atoms with Gasteiger partial charge in [0.1, 0.15) is 5.75 Å². The van der Waals surface area contributed by atoms with E-state index in [1.165, 1.54) is 0 Å². The summed E-state index contributed by atoms with van der Waals surface area (Å²) in [6.45, 7) is 3.81. The van der Waals surface area contributed by atoms with Gasteiger partial charge in [0.25, 0.3) is 5.91 Å². The molecule has 0 spiro atoms. The number of nitrogens with two attached hydrogens (primary N) is 1. The molecule has 0 aliphatic rings. The summed E-state index contributed by atoms with van der Waals surface area (Å²) in [6.07, 6.45) is 0. The summed E-state index contributed by atoms with van der Waals surface area (Å²) < 4.78 is 5.98. The van der Waals surface area contributed by atoms with E-state index in [-0.39, 0.29) is 11.9 Å². The molecular formula is C22H22ClN3O2. The zero-order valence-electron chi connectivity index (χ0n) is 15.7. The molecule has 6 heteroatoms. The van der Waals surface area contributed by atoms with Gasteiger partial charge >= 0.3 is 0 Å². The van der Waals surface area contributed by atoms with Crippen LogP contribution in [0, 0.1) is 0 Å². The summed E-state index contributed by atoms with van der Waals surface area (Å²) in [6, 6.07) is 19.9. The van der Waals surface area contributed by atoms with Crippen LogP contribution in [0.1, 0.15) is 24.2 Å². The average Bonchev–Trinajstić information content (AvgIpc) is 2.65. The Morgan fingerprint density at radius 1 is 1.00 bits per heavy atom. The molecule has 0 aromatic heterocycles. The molecule has 144 valence electrons. The van der Waals surface area contributed by atoms with Gasteiger partial charge < -0.3 is 21.1 Å². The summed E-state index contributed by atoms with van der Waals surface area (Å²) in [7, 11) is 0. The second-order valence-electron chi connectivity index (χ2n) is 6.61. The number of rotatable bonds is 6. The number of amides is 1. The molecule has 28 heavy (non-hydrogen) atoms. The van der Waals surface area contributed by atoms with Gasteiger partial charge in [0.05, 0.1) is 16.9 Å². The van der Waals surface area contributed by atoms with Crippen LogP contribution in [-0.2, 0) is 0 Å². The number of hydrogen-bond donors (Lipinski definition) is 3. The molecule has 0 aliphatic carbocycles. The van der Waals surface area contributed by atoms with Crippen molar-refractivity contribution in [2.75, 3.05) is 11.1 Å². The summed E-state index contributed by atoms with van der Waals surface area (Å²) >= 11 is 6.19. The lowest BCUT2D eigenvalue weighted by Gasteiger charge is -2.17. The summed E-state index contributed by atoms with van der Waals surface area (Å²) in [5.74, 6) is 1.07. The van der Waals surface area contributed by atoms with Crippen LogP contribution in [0.2, 0.25) is 5.02 Å². The highest BCUT2D eigenvalue weighted by Gasteiger charge is 2.15. The molecule has 0 fully saturated rings. The lowest BCUT2D eigenvalue weighted by atomic mass is 10.1. The lowest BCUT2D eigenvalue weighted by Crippen LogP contribution is -2.30. The van der Waals surface area contributed by atoms with Gasteiger partial charge in [-0.05, 0) is 62.4 Å². The molecule has 3 aromatic carbocycles. The fourth-order valence-electron chi connectivity index (χ4n) is 2.65. The van der Waals surface area contributed by atoms with Gasteiger partial charge in [-0.2, -0.15) is 0 Å². The van der Waals surface area contributed by atoms with Gasteiger partial charge in [0, 0.05) is 16.8 Å². The van der Waals surface area contributed by atoms with Crippen LogP contribution in [0.4, 0.5) is 17.1 Å². The maximum atomic E-state index is 12.6. The first-order valence-corrected chi connectivity index (χ1v) is 9.30. The van der Waals surface area contributed by atoms with Crippen molar-refractivity contribution in [1.82, 2.24) is 5.32 Å². The Morgan fingerprint density at radius 2 is 1.75 bits per heavy atom. The van der Waals surface area contributed by atoms with Gasteiger partial charge in [-0.3, -0.25) is 4.79 Å². The van der Waals surface area contributed by atoms with Crippen LogP contribution in [0.3, 0.4) is 0 Å². The molecule has 0 atom stereocenters. The van der Waals surface area contributed by atoms with E-state index < -0.39 is 0 Å². The van der Waals surface area contributed by atoms with Crippen molar-refractivity contribution >= 4 is 34.6 Å². The van der Waals surface area contributed by atoms with E-state index in [1.54, 1.807) is 36.4 Å². The van der Waals surface area contributed by atoms with Crippen molar-refractivity contribution < 1.29 is 9.53 Å². The number of halogens is 1. The predicted molar refractivity (Wildman–Crippen MR) is 115 cm³/mol. The number of nitrogens with one attached hydrogen (secondary N) is 2. The molecule has 0 heterocycles. The fourth-order valence-corrected chi connectivity index (χ4v) is 2.82. The Morgan fingerprint density at radius 3 is 2.46 bits per heavy atom. The average molecular weight is 396 g/mol. The maximum Gasteiger partial charge on any atom is 0.253 e. The first-order valence-electron chi connectivity index (χ1n) is 8.92. The highest BCUT2D eigenvalue weighted by molar-refractivity contribution is 6.31. The number of hydrogen-bond acceptors (Lipinski definition) is 4. The normalized spacial score (nSPS) is 10.6. The molecule has 1 amide bonds. The molecule has 3 rings (SSSR count). The van der Waals surface area contributed by atoms with Crippen LogP contribution in [0.5, 0.6) is 11.5 Å². The van der Waals surface area contributed by atoms with Crippen LogP contribution >= 0.6 is 11.6 Å². The van der Waals surface area contributed by atoms with E-state index in [0.29, 0.717) is 39.1 Å². The number of para-hydroxylation sites is 1. The minimum absolute atomic E-state index is 0.00456. The topological polar surface area (TPSA) is 76.4 Å². The van der Waals surface area contributed by atoms with E-state index in [0.717, 1.165) is 0 Å². The Kier molecular flexibility index (Phi) is 6.06. The van der Waals surface area contributed by atoms with Gasteiger partial charge in [-0.15, -0.1) is 0 Å². The fraction of sp³-hybridized carbons (Fsp3) is 0.136. The zero-order chi connectivity index (χ0) is 20.1. The monoisotopic (exact) mass is 395 g/mol. The second kappa shape index (κ2) is 8.67. The van der Waals surface area contributed by atoms with Gasteiger partial charge in [0.15, 0.2) is 5.75 Å². The maximum absolute atomic E-state index is 12.6. The molecule has 0 unspecified atom stereocenters. The molecule has 0 bridgehead atoms. The quantitative estimate of drug-likeness (QED) is 0.475. The minimum Gasteiger partial charge on any atom is -0.455 e. The minimum atomic E-state index is -0.211. The molecule has 0 aliphatic heterocycles. The summed E-state index contributed by atoms with van der Waals surface area (Å²) in [4.78, 5) is 12.6. The SMILES string of the molecule is CC(C)NC(=O)c1cc(N)ccc1Nc1cc(Cl)ccc1Oc1ccccc1. The first-order chi connectivity index (χ1) is 13.4. The number of carbonyl (C=O) groups is 1. The number of anilines is 3. The van der Waals surface area contributed by atoms with Crippen LogP contribution in [0.25, 0.3) is 0 Å². The third-order valence-electron chi connectivity index (χ3n) is 3.89. The third-order valence-corrected chi connectivity index (χ3v) is 4.13. The molecule has 0 radical (unpaired) electrons. The van der Waals surface area contributed by atoms with Crippen molar-refractivity contribution in [2.24, 2.45) is 0 Å². The van der Waals surface area contributed by atoms with E-state index in [4.69, 9.17) is 22.1 Å². The number of ether oxygens (including phenoxy) is 1. The number of benzene rings is 3. The van der Waals surface area contributed by atoms with Crippen molar-refractivity contribution in [3.8, 4) is 11.5 Å². The molecule has 4 N–H and O–H groups in total. The first kappa shape index (κ1) is 19.6. The standard InChI is InChI=1S/C22H22ClN3O2/c1-14(2)25-22(27)18-13-16(24)9-10-19(18)26-20-12-15(23)8-11-21(20)28-17-6-4-3-5-7-17/h3-14,26H,24H2,1-2H3,(H,25,27). The Balaban J connectivity index is 1.95. The zero-order valence-corrected chi connectivity index (χ0v) is 16.5. The third kappa shape index (κ3) is 4.96. The van der Waals surface area contributed by atoms with E-state index in [2.05, 4.69) is 10.6 Å². The largest absolute Gasteiger partial charge is 0.455 e. The summed E-state index contributed by atoms with van der Waals surface area (Å²) in [5.41, 5.74) is 8.08. The van der Waals surface area contributed by atoms with Crippen molar-refractivity contribution in [2.45, 2.75) is 19.9 Å². The van der Waals surface area contributed by atoms with Gasteiger partial charge in [-0.25, -0.2) is 0 Å². The highest BCUT2D eigenvalue weighted by Crippen LogP contribution is 2.35. The van der Waals surface area contributed by atoms with Crippen LogP contribution in [-0.4, -0.2) is 11.9 Å². The van der Waals surface area contributed by atoms with Crippen LogP contribution < -0.4 is 21.1 Å². The predicted octanol–water partition coefficient (Wildman–Crippen LogP) is 5.60. The molecule has 0 saturated carbocycles. The van der Waals surface area contributed by atoms with E-state index in [9.17, 15) is 4.79 Å². The van der Waals surface area contributed by atoms with E-state index in [1.807, 2.05) is 44.2 Å². The Bertz CT molecular complexity index is 975. The Hall–Kier alpha value is -3.18. The summed E-state index contributed by atoms with van der Waals surface area (Å²) in [5, 5.41) is 6.69. The van der Waals surface area contributed by atoms with Crippen molar-refractivity contribution in [3.05, 3.63) is 77.3 Å². The van der Waals surface area contributed by atoms with E-state index >= 15 is 0 Å². The number of carbonyl (C=O) groups excluding carboxylic acids is 1. The van der Waals surface area contributed by atoms with Crippen molar-refractivity contribution in [3.63, 3.8) is 0 Å². The molecular weight excluding hydrogens is 374 g/mol. The smallest absolute Gasteiger partial charge is 0.253 e. The van der Waals surface area contributed by atoms with Crippen LogP contribution in [0.15, 0.2) is 66.7 Å². The molecule has 3 aromatic rings. The van der Waals surface area contributed by atoms with Gasteiger partial charge in [-0.1, -0.05) is 29.8 Å². The lowest BCUT2D eigenvalue weighted by molar-refractivity contribution is 0.0944. The molecule has 5 nitrogen and oxygen atoms in total. The number of nitrogen functional groups attached to an aromatic ring is 1. The highest BCUT2D eigenvalue weighted by atomic mass is 35.5. The van der Waals surface area contributed by atoms with Crippen molar-refractivity contribution in [1.29, 1.82) is 0 Å². The second-order valence-corrected chi connectivity index (χ2v) is 7.05. The molecule has 0 saturated heterocycles. The van der Waals surface area contributed by atoms with Gasteiger partial charge in [0.2, 0.25) is 0 Å². The Labute approximate surface area is 169 Å².